The number of nitrogens with zero attached hydrogens (tertiary/aromatic N) is 1. The van der Waals surface area contributed by atoms with Crippen LogP contribution in [0.3, 0.4) is 0 Å². The minimum Gasteiger partial charge on any atom is -0.497 e. The van der Waals surface area contributed by atoms with Gasteiger partial charge in [-0.05, 0) is 41.8 Å². The zero-order valence-electron chi connectivity index (χ0n) is 13.1. The number of carboxylic acid groups (broad SMARTS) is 1. The molecule has 1 unspecified atom stereocenters. The van der Waals surface area contributed by atoms with Crippen molar-refractivity contribution in [1.29, 1.82) is 0 Å². The van der Waals surface area contributed by atoms with Gasteiger partial charge in [0.05, 0.1) is 13.0 Å². The fourth-order valence-corrected chi connectivity index (χ4v) is 2.40. The summed E-state index contributed by atoms with van der Waals surface area (Å²) in [7, 11) is 5.52. The normalized spacial score (nSPS) is 11.8. The van der Waals surface area contributed by atoms with E-state index in [0.29, 0.717) is 12.2 Å². The van der Waals surface area contributed by atoms with Crippen molar-refractivity contribution in [2.24, 2.45) is 0 Å². The zero-order chi connectivity index (χ0) is 16.1. The molecule has 4 nitrogen and oxygen atoms in total. The molecule has 2 aromatic rings. The maximum atomic E-state index is 11.7. The standard InChI is InChI=1S/C18H21NO3/c1-19(2)15-8-4-6-13(10-15)11-17(18(20)21)14-7-5-9-16(12-14)22-3/h4-10,12,17H,11H2,1-3H3,(H,20,21). The van der Waals surface area contributed by atoms with Crippen molar-refractivity contribution in [3.63, 3.8) is 0 Å². The van der Waals surface area contributed by atoms with Crippen LogP contribution in [0.4, 0.5) is 5.69 Å². The molecule has 0 aliphatic heterocycles. The minimum absolute atomic E-state index is 0.449. The van der Waals surface area contributed by atoms with Crippen LogP contribution in [0.2, 0.25) is 0 Å². The average molecular weight is 299 g/mol. The van der Waals surface area contributed by atoms with Crippen LogP contribution in [0, 0.1) is 0 Å². The monoisotopic (exact) mass is 299 g/mol. The molecule has 0 saturated carbocycles. The van der Waals surface area contributed by atoms with Crippen LogP contribution in [0.5, 0.6) is 5.75 Å². The maximum Gasteiger partial charge on any atom is 0.311 e. The van der Waals surface area contributed by atoms with Crippen LogP contribution < -0.4 is 9.64 Å². The van der Waals surface area contributed by atoms with E-state index in [9.17, 15) is 9.90 Å². The lowest BCUT2D eigenvalue weighted by Crippen LogP contribution is -2.15. The van der Waals surface area contributed by atoms with Gasteiger partial charge in [0.25, 0.3) is 0 Å². The highest BCUT2D eigenvalue weighted by Gasteiger charge is 2.21. The molecule has 1 N–H and O–H groups in total. The van der Waals surface area contributed by atoms with E-state index >= 15 is 0 Å². The van der Waals surface area contributed by atoms with E-state index in [1.807, 2.05) is 61.5 Å². The molecule has 0 radical (unpaired) electrons. The first-order valence-corrected chi connectivity index (χ1v) is 7.14. The van der Waals surface area contributed by atoms with Gasteiger partial charge in [-0.15, -0.1) is 0 Å². The molecule has 0 spiro atoms. The van der Waals surface area contributed by atoms with Gasteiger partial charge in [0, 0.05) is 19.8 Å². The summed E-state index contributed by atoms with van der Waals surface area (Å²) in [6.45, 7) is 0. The fourth-order valence-electron chi connectivity index (χ4n) is 2.40. The Morgan fingerprint density at radius 3 is 2.55 bits per heavy atom. The average Bonchev–Trinajstić information content (AvgIpc) is 2.52. The van der Waals surface area contributed by atoms with Crippen molar-refractivity contribution in [2.75, 3.05) is 26.1 Å². The molecule has 2 aromatic carbocycles. The van der Waals surface area contributed by atoms with Gasteiger partial charge in [-0.2, -0.15) is 0 Å². The lowest BCUT2D eigenvalue weighted by atomic mass is 9.91. The second-order valence-corrected chi connectivity index (χ2v) is 5.44. The summed E-state index contributed by atoms with van der Waals surface area (Å²) < 4.78 is 5.19. The number of carbonyl (C=O) groups is 1. The Bertz CT molecular complexity index is 652. The highest BCUT2D eigenvalue weighted by molar-refractivity contribution is 5.76. The first-order chi connectivity index (χ1) is 10.5. The minimum atomic E-state index is -0.830. The number of aliphatic carboxylic acids is 1. The summed E-state index contributed by atoms with van der Waals surface area (Å²) in [5.74, 6) is -0.748. The van der Waals surface area contributed by atoms with Gasteiger partial charge in [-0.3, -0.25) is 4.79 Å². The van der Waals surface area contributed by atoms with Gasteiger partial charge in [-0.25, -0.2) is 0 Å². The zero-order valence-corrected chi connectivity index (χ0v) is 13.1. The Hall–Kier alpha value is -2.49. The smallest absolute Gasteiger partial charge is 0.311 e. The molecule has 22 heavy (non-hydrogen) atoms. The van der Waals surface area contributed by atoms with Gasteiger partial charge in [0.15, 0.2) is 0 Å². The summed E-state index contributed by atoms with van der Waals surface area (Å²) in [6.07, 6.45) is 0.449. The highest BCUT2D eigenvalue weighted by atomic mass is 16.5. The molecule has 0 heterocycles. The number of ether oxygens (including phenoxy) is 1. The maximum absolute atomic E-state index is 11.7. The Kier molecular flexibility index (Phi) is 5.04. The first-order valence-electron chi connectivity index (χ1n) is 7.14. The van der Waals surface area contributed by atoms with Gasteiger partial charge < -0.3 is 14.7 Å². The highest BCUT2D eigenvalue weighted by Crippen LogP contribution is 2.26. The van der Waals surface area contributed by atoms with Crippen molar-refractivity contribution in [3.8, 4) is 5.75 Å². The predicted octanol–water partition coefficient (Wildman–Crippen LogP) is 3.17. The van der Waals surface area contributed by atoms with Crippen LogP contribution in [0.25, 0.3) is 0 Å². The number of methoxy groups -OCH3 is 1. The summed E-state index contributed by atoms with van der Waals surface area (Å²) in [4.78, 5) is 13.7. The third-order valence-electron chi connectivity index (χ3n) is 3.66. The van der Waals surface area contributed by atoms with E-state index in [4.69, 9.17) is 4.74 Å². The number of rotatable bonds is 6. The molecule has 116 valence electrons. The lowest BCUT2D eigenvalue weighted by Gasteiger charge is -2.17. The van der Waals surface area contributed by atoms with Gasteiger partial charge in [-0.1, -0.05) is 24.3 Å². The van der Waals surface area contributed by atoms with E-state index < -0.39 is 11.9 Å². The predicted molar refractivity (Wildman–Crippen MR) is 87.8 cm³/mol. The Morgan fingerprint density at radius 1 is 1.18 bits per heavy atom. The second-order valence-electron chi connectivity index (χ2n) is 5.44. The quantitative estimate of drug-likeness (QED) is 0.890. The molecule has 0 aromatic heterocycles. The largest absolute Gasteiger partial charge is 0.497 e. The molecule has 0 saturated heterocycles. The van der Waals surface area contributed by atoms with Gasteiger partial charge in [0.2, 0.25) is 0 Å². The number of hydrogen-bond acceptors (Lipinski definition) is 3. The van der Waals surface area contributed by atoms with Crippen LogP contribution >= 0.6 is 0 Å². The Balaban J connectivity index is 2.29. The number of hydrogen-bond donors (Lipinski definition) is 1. The first kappa shape index (κ1) is 15.9. The van der Waals surface area contributed by atoms with Crippen LogP contribution in [-0.4, -0.2) is 32.3 Å². The molecule has 1 atom stereocenters. The Labute approximate surface area is 131 Å². The molecular formula is C18H21NO3. The third-order valence-corrected chi connectivity index (χ3v) is 3.66. The van der Waals surface area contributed by atoms with E-state index in [1.165, 1.54) is 0 Å². The van der Waals surface area contributed by atoms with Crippen LogP contribution in [0.1, 0.15) is 17.0 Å². The summed E-state index contributed by atoms with van der Waals surface area (Å²) in [5.41, 5.74) is 2.82. The van der Waals surface area contributed by atoms with Crippen LogP contribution in [0.15, 0.2) is 48.5 Å². The fraction of sp³-hybridized carbons (Fsp3) is 0.278. The molecule has 0 aliphatic rings. The van der Waals surface area contributed by atoms with Crippen molar-refractivity contribution in [2.45, 2.75) is 12.3 Å². The SMILES string of the molecule is COc1cccc(C(Cc2cccc(N(C)C)c2)C(=O)O)c1. The number of benzene rings is 2. The molecule has 4 heteroatoms. The molecule has 2 rings (SSSR count). The molecule has 0 fully saturated rings. The van der Waals surface area contributed by atoms with E-state index in [1.54, 1.807) is 13.2 Å². The van der Waals surface area contributed by atoms with Crippen molar-refractivity contribution in [3.05, 3.63) is 59.7 Å². The number of carboxylic acids is 1. The van der Waals surface area contributed by atoms with E-state index in [2.05, 4.69) is 0 Å². The summed E-state index contributed by atoms with van der Waals surface area (Å²) in [6, 6.07) is 15.2. The van der Waals surface area contributed by atoms with Crippen molar-refractivity contribution in [1.82, 2.24) is 0 Å². The number of anilines is 1. The van der Waals surface area contributed by atoms with Crippen LogP contribution in [-0.2, 0) is 11.2 Å². The molecule has 0 bridgehead atoms. The third kappa shape index (κ3) is 3.79. The van der Waals surface area contributed by atoms with E-state index in [0.717, 1.165) is 16.8 Å². The van der Waals surface area contributed by atoms with Crippen molar-refractivity contribution >= 4 is 11.7 Å². The summed E-state index contributed by atoms with van der Waals surface area (Å²) in [5, 5.41) is 9.58. The lowest BCUT2D eigenvalue weighted by molar-refractivity contribution is -0.138. The summed E-state index contributed by atoms with van der Waals surface area (Å²) >= 11 is 0. The van der Waals surface area contributed by atoms with Crippen molar-refractivity contribution < 1.29 is 14.6 Å². The second kappa shape index (κ2) is 6.98. The topological polar surface area (TPSA) is 49.8 Å². The molecular weight excluding hydrogens is 278 g/mol. The van der Waals surface area contributed by atoms with Gasteiger partial charge >= 0.3 is 5.97 Å². The van der Waals surface area contributed by atoms with Gasteiger partial charge in [0.1, 0.15) is 5.75 Å². The molecule has 0 amide bonds. The molecule has 0 aliphatic carbocycles. The Morgan fingerprint density at radius 2 is 1.91 bits per heavy atom. The van der Waals surface area contributed by atoms with E-state index in [-0.39, 0.29) is 0 Å².